The van der Waals surface area contributed by atoms with Crippen LogP contribution in [-0.2, 0) is 10.2 Å². The fourth-order valence-electron chi connectivity index (χ4n) is 3.08. The minimum absolute atomic E-state index is 0.225. The zero-order valence-corrected chi connectivity index (χ0v) is 11.6. The molecule has 0 aromatic heterocycles. The molecule has 2 atom stereocenters. The van der Waals surface area contributed by atoms with E-state index in [1.165, 1.54) is 5.56 Å². The first-order valence-electron chi connectivity index (χ1n) is 7.05. The molecule has 0 radical (unpaired) electrons. The topological polar surface area (TPSA) is 35.2 Å². The predicted molar refractivity (Wildman–Crippen MR) is 75.6 cm³/mol. The highest BCUT2D eigenvalue weighted by molar-refractivity contribution is 5.26. The van der Waals surface area contributed by atoms with Crippen LogP contribution in [0.5, 0.6) is 0 Å². The van der Waals surface area contributed by atoms with Crippen molar-refractivity contribution in [1.82, 2.24) is 0 Å². The number of rotatable bonds is 4. The van der Waals surface area contributed by atoms with Gasteiger partial charge in [0.1, 0.15) is 0 Å². The fourth-order valence-corrected chi connectivity index (χ4v) is 3.08. The van der Waals surface area contributed by atoms with E-state index in [9.17, 15) is 0 Å². The molecule has 2 rings (SSSR count). The van der Waals surface area contributed by atoms with Gasteiger partial charge in [-0.2, -0.15) is 0 Å². The van der Waals surface area contributed by atoms with Gasteiger partial charge in [-0.1, -0.05) is 44.2 Å². The second kappa shape index (κ2) is 5.85. The van der Waals surface area contributed by atoms with Crippen LogP contribution in [0.25, 0.3) is 0 Å². The van der Waals surface area contributed by atoms with E-state index < -0.39 is 0 Å². The van der Waals surface area contributed by atoms with E-state index in [-0.39, 0.29) is 5.41 Å². The molecular formula is C16H25NO. The molecule has 0 aliphatic carbocycles. The van der Waals surface area contributed by atoms with Crippen molar-refractivity contribution in [2.24, 2.45) is 11.7 Å². The van der Waals surface area contributed by atoms with Gasteiger partial charge < -0.3 is 10.5 Å². The van der Waals surface area contributed by atoms with E-state index in [4.69, 9.17) is 10.5 Å². The highest BCUT2D eigenvalue weighted by atomic mass is 16.5. The normalized spacial score (nSPS) is 28.6. The van der Waals surface area contributed by atoms with Crippen molar-refractivity contribution >= 4 is 0 Å². The van der Waals surface area contributed by atoms with E-state index in [2.05, 4.69) is 44.2 Å². The highest BCUT2D eigenvalue weighted by Gasteiger charge is 2.38. The van der Waals surface area contributed by atoms with Crippen LogP contribution in [0.4, 0.5) is 0 Å². The predicted octanol–water partition coefficient (Wildman–Crippen LogP) is 3.11. The minimum atomic E-state index is 0.225. The summed E-state index contributed by atoms with van der Waals surface area (Å²) in [7, 11) is 0. The van der Waals surface area contributed by atoms with Gasteiger partial charge in [-0.05, 0) is 37.3 Å². The Morgan fingerprint density at radius 2 is 2.06 bits per heavy atom. The first-order chi connectivity index (χ1) is 8.68. The smallest absolute Gasteiger partial charge is 0.0606 e. The Morgan fingerprint density at radius 1 is 1.33 bits per heavy atom. The third-order valence-corrected chi connectivity index (χ3v) is 4.26. The van der Waals surface area contributed by atoms with Crippen molar-refractivity contribution in [3.8, 4) is 0 Å². The monoisotopic (exact) mass is 247 g/mol. The lowest BCUT2D eigenvalue weighted by Crippen LogP contribution is -2.42. The summed E-state index contributed by atoms with van der Waals surface area (Å²) in [5, 5.41) is 0. The number of ether oxygens (including phenoxy) is 1. The summed E-state index contributed by atoms with van der Waals surface area (Å²) in [6.45, 7) is 6.10. The molecule has 100 valence electrons. The molecule has 2 nitrogen and oxygen atoms in total. The SMILES string of the molecule is CC(C)[C@H]1C[C@@](CCN)(c2ccccc2)CCO1. The van der Waals surface area contributed by atoms with Crippen molar-refractivity contribution in [2.45, 2.75) is 44.6 Å². The average molecular weight is 247 g/mol. The number of hydrogen-bond acceptors (Lipinski definition) is 2. The molecule has 1 aliphatic heterocycles. The van der Waals surface area contributed by atoms with Gasteiger partial charge in [-0.15, -0.1) is 0 Å². The lowest BCUT2D eigenvalue weighted by Gasteiger charge is -2.43. The van der Waals surface area contributed by atoms with Gasteiger partial charge in [0, 0.05) is 12.0 Å². The molecule has 1 aromatic rings. The molecule has 1 heterocycles. The molecular weight excluding hydrogens is 222 g/mol. The van der Waals surface area contributed by atoms with Gasteiger partial charge in [0.25, 0.3) is 0 Å². The van der Waals surface area contributed by atoms with E-state index in [1.54, 1.807) is 0 Å². The fraction of sp³-hybridized carbons (Fsp3) is 0.625. The van der Waals surface area contributed by atoms with Crippen LogP contribution in [0.15, 0.2) is 30.3 Å². The standard InChI is InChI=1S/C16H25NO/c1-13(2)15-12-16(8-10-17,9-11-18-15)14-6-4-3-5-7-14/h3-7,13,15H,8-12,17H2,1-2H3/t15-,16+/m1/s1. The Morgan fingerprint density at radius 3 is 2.67 bits per heavy atom. The third kappa shape index (κ3) is 2.76. The van der Waals surface area contributed by atoms with Crippen LogP contribution < -0.4 is 5.73 Å². The van der Waals surface area contributed by atoms with Crippen molar-refractivity contribution in [2.75, 3.05) is 13.2 Å². The first-order valence-corrected chi connectivity index (χ1v) is 7.05. The maximum atomic E-state index is 5.92. The average Bonchev–Trinajstić information content (AvgIpc) is 2.40. The second-order valence-electron chi connectivity index (χ2n) is 5.79. The molecule has 0 bridgehead atoms. The molecule has 0 unspecified atom stereocenters. The summed E-state index contributed by atoms with van der Waals surface area (Å²) < 4.78 is 5.92. The van der Waals surface area contributed by atoms with Gasteiger partial charge in [-0.25, -0.2) is 0 Å². The van der Waals surface area contributed by atoms with Crippen LogP contribution in [0, 0.1) is 5.92 Å². The summed E-state index contributed by atoms with van der Waals surface area (Å²) in [5.74, 6) is 0.575. The number of nitrogens with two attached hydrogens (primary N) is 1. The summed E-state index contributed by atoms with van der Waals surface area (Å²) in [5.41, 5.74) is 7.52. The zero-order chi connectivity index (χ0) is 13.0. The van der Waals surface area contributed by atoms with Crippen LogP contribution in [0.3, 0.4) is 0 Å². The van der Waals surface area contributed by atoms with Crippen molar-refractivity contribution in [3.63, 3.8) is 0 Å². The van der Waals surface area contributed by atoms with Crippen molar-refractivity contribution in [3.05, 3.63) is 35.9 Å². The lowest BCUT2D eigenvalue weighted by atomic mass is 9.69. The molecule has 18 heavy (non-hydrogen) atoms. The first kappa shape index (κ1) is 13.6. The van der Waals surface area contributed by atoms with E-state index >= 15 is 0 Å². The van der Waals surface area contributed by atoms with E-state index in [0.717, 1.165) is 32.4 Å². The Labute approximate surface area is 111 Å². The molecule has 1 aromatic carbocycles. The van der Waals surface area contributed by atoms with E-state index in [1.807, 2.05) is 0 Å². The highest BCUT2D eigenvalue weighted by Crippen LogP contribution is 2.41. The van der Waals surface area contributed by atoms with Crippen molar-refractivity contribution < 1.29 is 4.74 Å². The van der Waals surface area contributed by atoms with Crippen LogP contribution in [-0.4, -0.2) is 19.3 Å². The lowest BCUT2D eigenvalue weighted by molar-refractivity contribution is -0.0465. The number of benzene rings is 1. The van der Waals surface area contributed by atoms with Crippen LogP contribution >= 0.6 is 0 Å². The Bertz CT molecular complexity index is 359. The number of hydrogen-bond donors (Lipinski definition) is 1. The molecule has 0 saturated carbocycles. The van der Waals surface area contributed by atoms with Gasteiger partial charge >= 0.3 is 0 Å². The maximum Gasteiger partial charge on any atom is 0.0606 e. The van der Waals surface area contributed by atoms with Gasteiger partial charge in [0.05, 0.1) is 6.10 Å². The maximum absolute atomic E-state index is 5.92. The molecule has 1 saturated heterocycles. The third-order valence-electron chi connectivity index (χ3n) is 4.26. The van der Waals surface area contributed by atoms with Crippen molar-refractivity contribution in [1.29, 1.82) is 0 Å². The Hall–Kier alpha value is -0.860. The quantitative estimate of drug-likeness (QED) is 0.887. The second-order valence-corrected chi connectivity index (χ2v) is 5.79. The Balaban J connectivity index is 2.26. The largest absolute Gasteiger partial charge is 0.378 e. The summed E-state index contributed by atoms with van der Waals surface area (Å²) >= 11 is 0. The molecule has 1 fully saturated rings. The molecule has 2 N–H and O–H groups in total. The van der Waals surface area contributed by atoms with Gasteiger partial charge in [0.2, 0.25) is 0 Å². The minimum Gasteiger partial charge on any atom is -0.378 e. The molecule has 1 aliphatic rings. The zero-order valence-electron chi connectivity index (χ0n) is 11.6. The van der Waals surface area contributed by atoms with Gasteiger partial charge in [0.15, 0.2) is 0 Å². The summed E-state index contributed by atoms with van der Waals surface area (Å²) in [6.07, 6.45) is 3.62. The van der Waals surface area contributed by atoms with Crippen LogP contribution in [0.2, 0.25) is 0 Å². The molecule has 0 amide bonds. The Kier molecular flexibility index (Phi) is 4.41. The van der Waals surface area contributed by atoms with Crippen LogP contribution in [0.1, 0.15) is 38.7 Å². The molecule has 2 heteroatoms. The summed E-state index contributed by atoms with van der Waals surface area (Å²) in [4.78, 5) is 0. The molecule has 0 spiro atoms. The van der Waals surface area contributed by atoms with Gasteiger partial charge in [-0.3, -0.25) is 0 Å². The summed E-state index contributed by atoms with van der Waals surface area (Å²) in [6, 6.07) is 10.8. The van der Waals surface area contributed by atoms with E-state index in [0.29, 0.717) is 12.0 Å².